The summed E-state index contributed by atoms with van der Waals surface area (Å²) in [7, 11) is 0. The first-order valence-electron chi connectivity index (χ1n) is 7.78. The predicted octanol–water partition coefficient (Wildman–Crippen LogP) is 0.738. The summed E-state index contributed by atoms with van der Waals surface area (Å²) in [4.78, 5) is 25.4. The van der Waals surface area contributed by atoms with Gasteiger partial charge in [-0.25, -0.2) is 0 Å². The highest BCUT2D eigenvalue weighted by Gasteiger charge is 2.48. The van der Waals surface area contributed by atoms with Gasteiger partial charge in [-0.05, 0) is 37.7 Å². The third-order valence-corrected chi connectivity index (χ3v) is 4.66. The molecule has 1 aliphatic carbocycles. The van der Waals surface area contributed by atoms with Gasteiger partial charge in [-0.1, -0.05) is 0 Å². The lowest BCUT2D eigenvalue weighted by Crippen LogP contribution is -2.30. The molecule has 1 aromatic rings. The van der Waals surface area contributed by atoms with Crippen LogP contribution in [0.3, 0.4) is 0 Å². The number of nitrogens with one attached hydrogen (secondary N) is 1. The van der Waals surface area contributed by atoms with E-state index in [0.29, 0.717) is 11.1 Å². The summed E-state index contributed by atoms with van der Waals surface area (Å²) in [5, 5.41) is 10.4. The number of hydrogen-bond donors (Lipinski definition) is 2. The van der Waals surface area contributed by atoms with Crippen LogP contribution in [0, 0.1) is 12.3 Å². The Morgan fingerprint density at radius 3 is 2.65 bits per heavy atom. The van der Waals surface area contributed by atoms with Gasteiger partial charge in [0.05, 0.1) is 17.0 Å². The molecular weight excluding hydrogens is 294 g/mol. The molecule has 1 aliphatic heterocycles. The quantitative estimate of drug-likeness (QED) is 0.798. The van der Waals surface area contributed by atoms with Crippen molar-refractivity contribution >= 4 is 23.1 Å². The van der Waals surface area contributed by atoms with Crippen LogP contribution in [0.2, 0.25) is 0 Å². The zero-order valence-electron chi connectivity index (χ0n) is 13.4. The lowest BCUT2D eigenvalue weighted by molar-refractivity contribution is -0.126. The van der Waals surface area contributed by atoms with Crippen molar-refractivity contribution in [3.8, 4) is 0 Å². The second-order valence-electron chi connectivity index (χ2n) is 6.46. The molecule has 1 saturated carbocycles. The number of amides is 2. The van der Waals surface area contributed by atoms with Crippen LogP contribution in [0.4, 0.5) is 5.69 Å². The standard InChI is InChI=1S/C16H21N5O2/c1-10-14(21-6-5-16(9-21)3-4-16)7-13(20-19-10)12(8-17)15(23)18-11(2)22/h7-8H,3-6,9,17H2,1-2H3,(H,18,22,23)/b12-8-. The van der Waals surface area contributed by atoms with Gasteiger partial charge in [0.2, 0.25) is 5.91 Å². The summed E-state index contributed by atoms with van der Waals surface area (Å²) in [6.07, 6.45) is 4.95. The van der Waals surface area contributed by atoms with E-state index in [1.54, 1.807) is 0 Å². The van der Waals surface area contributed by atoms with Crippen molar-refractivity contribution < 1.29 is 9.59 Å². The third-order valence-electron chi connectivity index (χ3n) is 4.66. The number of imide groups is 1. The fourth-order valence-corrected chi connectivity index (χ4v) is 3.12. The molecule has 0 atom stereocenters. The van der Waals surface area contributed by atoms with Gasteiger partial charge >= 0.3 is 0 Å². The topological polar surface area (TPSA) is 101 Å². The number of nitrogens with zero attached hydrogens (tertiary/aromatic N) is 3. The fourth-order valence-electron chi connectivity index (χ4n) is 3.12. The number of rotatable bonds is 3. The molecule has 122 valence electrons. The molecule has 7 heteroatoms. The van der Waals surface area contributed by atoms with Gasteiger partial charge in [-0.15, -0.1) is 5.10 Å². The van der Waals surface area contributed by atoms with E-state index in [-0.39, 0.29) is 5.57 Å². The number of anilines is 1. The Labute approximate surface area is 134 Å². The molecule has 3 rings (SSSR count). The van der Waals surface area contributed by atoms with E-state index in [1.165, 1.54) is 26.2 Å². The van der Waals surface area contributed by atoms with Gasteiger partial charge in [0.1, 0.15) is 5.69 Å². The maximum atomic E-state index is 12.1. The van der Waals surface area contributed by atoms with E-state index < -0.39 is 11.8 Å². The normalized spacial score (nSPS) is 19.0. The molecule has 0 aromatic carbocycles. The lowest BCUT2D eigenvalue weighted by Gasteiger charge is -2.21. The van der Waals surface area contributed by atoms with Gasteiger partial charge in [0, 0.05) is 26.2 Å². The number of aromatic nitrogens is 2. The second kappa shape index (κ2) is 5.64. The van der Waals surface area contributed by atoms with Crippen LogP contribution in [0.15, 0.2) is 12.3 Å². The Bertz CT molecular complexity index is 694. The minimum atomic E-state index is -0.566. The SMILES string of the molecule is CC(=O)NC(=O)/C(=C\N)c1cc(N2CCC3(CC3)C2)c(C)nn1. The van der Waals surface area contributed by atoms with E-state index in [4.69, 9.17) is 5.73 Å². The molecule has 2 heterocycles. The van der Waals surface area contributed by atoms with Crippen molar-refractivity contribution in [3.05, 3.63) is 23.7 Å². The molecule has 2 amide bonds. The summed E-state index contributed by atoms with van der Waals surface area (Å²) < 4.78 is 0. The molecule has 2 fully saturated rings. The monoisotopic (exact) mass is 315 g/mol. The average Bonchev–Trinajstić information content (AvgIpc) is 3.11. The number of nitrogens with two attached hydrogens (primary N) is 1. The first-order chi connectivity index (χ1) is 10.9. The molecule has 1 spiro atoms. The van der Waals surface area contributed by atoms with Crippen LogP contribution in [0.1, 0.15) is 37.6 Å². The average molecular weight is 315 g/mol. The maximum absolute atomic E-state index is 12.1. The molecule has 0 radical (unpaired) electrons. The predicted molar refractivity (Wildman–Crippen MR) is 86.3 cm³/mol. The lowest BCUT2D eigenvalue weighted by atomic mass is 10.1. The Morgan fingerprint density at radius 2 is 2.09 bits per heavy atom. The van der Waals surface area contributed by atoms with Crippen molar-refractivity contribution in [2.75, 3.05) is 18.0 Å². The molecule has 0 bridgehead atoms. The molecule has 0 unspecified atom stereocenters. The molecule has 1 saturated heterocycles. The first kappa shape index (κ1) is 15.5. The Hall–Kier alpha value is -2.44. The van der Waals surface area contributed by atoms with Crippen LogP contribution in [-0.4, -0.2) is 35.1 Å². The Balaban J connectivity index is 1.87. The third kappa shape index (κ3) is 3.04. The molecule has 1 aromatic heterocycles. The summed E-state index contributed by atoms with van der Waals surface area (Å²) in [5.41, 5.74) is 8.39. The first-order valence-corrected chi connectivity index (χ1v) is 7.78. The van der Waals surface area contributed by atoms with Crippen molar-refractivity contribution in [1.29, 1.82) is 0 Å². The molecular formula is C16H21N5O2. The second-order valence-corrected chi connectivity index (χ2v) is 6.46. The van der Waals surface area contributed by atoms with Gasteiger partial charge in [-0.2, -0.15) is 5.10 Å². The summed E-state index contributed by atoms with van der Waals surface area (Å²) in [5.74, 6) is -1.01. The molecule has 3 N–H and O–H groups in total. The maximum Gasteiger partial charge on any atom is 0.261 e. The van der Waals surface area contributed by atoms with E-state index in [9.17, 15) is 9.59 Å². The minimum Gasteiger partial charge on any atom is -0.404 e. The summed E-state index contributed by atoms with van der Waals surface area (Å²) >= 11 is 0. The number of aryl methyl sites for hydroxylation is 1. The van der Waals surface area contributed by atoms with Gasteiger partial charge < -0.3 is 10.6 Å². The molecule has 2 aliphatic rings. The minimum absolute atomic E-state index is 0.147. The van der Waals surface area contributed by atoms with E-state index in [1.807, 2.05) is 13.0 Å². The largest absolute Gasteiger partial charge is 0.404 e. The van der Waals surface area contributed by atoms with E-state index >= 15 is 0 Å². The molecule has 7 nitrogen and oxygen atoms in total. The van der Waals surface area contributed by atoms with Gasteiger partial charge in [0.25, 0.3) is 5.91 Å². The van der Waals surface area contributed by atoms with Crippen molar-refractivity contribution in [2.24, 2.45) is 11.1 Å². The fraction of sp³-hybridized carbons (Fsp3) is 0.500. The zero-order valence-corrected chi connectivity index (χ0v) is 13.4. The summed E-state index contributed by atoms with van der Waals surface area (Å²) in [6.45, 7) is 5.21. The van der Waals surface area contributed by atoms with Crippen molar-refractivity contribution in [2.45, 2.75) is 33.1 Å². The van der Waals surface area contributed by atoms with Gasteiger partial charge in [0.15, 0.2) is 0 Å². The van der Waals surface area contributed by atoms with Crippen LogP contribution in [-0.2, 0) is 9.59 Å². The van der Waals surface area contributed by atoms with Gasteiger partial charge in [-0.3, -0.25) is 14.9 Å². The van der Waals surface area contributed by atoms with Crippen LogP contribution in [0.25, 0.3) is 5.57 Å². The van der Waals surface area contributed by atoms with Crippen molar-refractivity contribution in [1.82, 2.24) is 15.5 Å². The summed E-state index contributed by atoms with van der Waals surface area (Å²) in [6, 6.07) is 1.84. The number of hydrogen-bond acceptors (Lipinski definition) is 6. The number of carbonyl (C=O) groups excluding carboxylic acids is 2. The zero-order chi connectivity index (χ0) is 16.6. The Morgan fingerprint density at radius 1 is 1.35 bits per heavy atom. The highest BCUT2D eigenvalue weighted by molar-refractivity contribution is 6.22. The Kier molecular flexibility index (Phi) is 3.79. The van der Waals surface area contributed by atoms with Crippen LogP contribution >= 0.6 is 0 Å². The van der Waals surface area contributed by atoms with E-state index in [0.717, 1.165) is 30.7 Å². The highest BCUT2D eigenvalue weighted by Crippen LogP contribution is 2.53. The molecule has 23 heavy (non-hydrogen) atoms. The smallest absolute Gasteiger partial charge is 0.261 e. The highest BCUT2D eigenvalue weighted by atomic mass is 16.2. The van der Waals surface area contributed by atoms with E-state index in [2.05, 4.69) is 20.4 Å². The number of carbonyl (C=O) groups is 2. The van der Waals surface area contributed by atoms with Crippen LogP contribution in [0.5, 0.6) is 0 Å². The van der Waals surface area contributed by atoms with Crippen LogP contribution < -0.4 is 16.0 Å². The van der Waals surface area contributed by atoms with Crippen molar-refractivity contribution in [3.63, 3.8) is 0 Å².